The number of benzene rings is 5. The number of carbonyl (C=O) groups excluding carboxylic acids is 2. The summed E-state index contributed by atoms with van der Waals surface area (Å²) in [5.74, 6) is -0.422. The zero-order valence-electron chi connectivity index (χ0n) is 24.5. The van der Waals surface area contributed by atoms with Crippen LogP contribution in [0.3, 0.4) is 0 Å². The number of hydrogen-bond acceptors (Lipinski definition) is 2. The molecule has 0 unspecified atom stereocenters. The third kappa shape index (κ3) is 8.52. The fourth-order valence-electron chi connectivity index (χ4n) is 5.42. The van der Waals surface area contributed by atoms with Gasteiger partial charge in [0.15, 0.2) is 0 Å². The van der Waals surface area contributed by atoms with Gasteiger partial charge in [-0.25, -0.2) is 0 Å². The molecule has 5 aromatic carbocycles. The van der Waals surface area contributed by atoms with E-state index in [1.807, 2.05) is 137 Å². The molecule has 216 valence electrons. The quantitative estimate of drug-likeness (QED) is 0.148. The number of amides is 2. The molecule has 5 rings (SSSR count). The van der Waals surface area contributed by atoms with Crippen LogP contribution in [0.1, 0.15) is 40.2 Å². The summed E-state index contributed by atoms with van der Waals surface area (Å²) in [7, 11) is 0. The van der Waals surface area contributed by atoms with Crippen LogP contribution < -0.4 is 0 Å². The minimum absolute atomic E-state index is 0.00653. The van der Waals surface area contributed by atoms with Gasteiger partial charge in [0.05, 0.1) is 5.92 Å². The highest BCUT2D eigenvalue weighted by Gasteiger charge is 2.28. The Balaban J connectivity index is 1.38. The van der Waals surface area contributed by atoms with Crippen molar-refractivity contribution < 1.29 is 9.59 Å². The summed E-state index contributed by atoms with van der Waals surface area (Å²) in [6.07, 6.45) is 1.02. The highest BCUT2D eigenvalue weighted by atomic mass is 16.2. The molecule has 0 bridgehead atoms. The Bertz CT molecular complexity index is 1500. The van der Waals surface area contributed by atoms with Crippen LogP contribution in [0.15, 0.2) is 152 Å². The summed E-state index contributed by atoms with van der Waals surface area (Å²) in [4.78, 5) is 32.1. The van der Waals surface area contributed by atoms with E-state index in [4.69, 9.17) is 0 Å². The predicted molar refractivity (Wildman–Crippen MR) is 173 cm³/mol. The first-order valence-electron chi connectivity index (χ1n) is 15.0. The summed E-state index contributed by atoms with van der Waals surface area (Å²) >= 11 is 0. The molecule has 4 heteroatoms. The molecule has 0 aromatic heterocycles. The lowest BCUT2D eigenvalue weighted by Gasteiger charge is -2.30. The van der Waals surface area contributed by atoms with E-state index in [1.54, 1.807) is 0 Å². The summed E-state index contributed by atoms with van der Waals surface area (Å²) < 4.78 is 0. The summed E-state index contributed by atoms with van der Waals surface area (Å²) in [5, 5.41) is 0. The van der Waals surface area contributed by atoms with E-state index < -0.39 is 5.92 Å². The van der Waals surface area contributed by atoms with E-state index in [-0.39, 0.29) is 18.2 Å². The van der Waals surface area contributed by atoms with Gasteiger partial charge in [0.1, 0.15) is 0 Å². The third-order valence-corrected chi connectivity index (χ3v) is 7.72. The Hall–Kier alpha value is -4.96. The van der Waals surface area contributed by atoms with Crippen LogP contribution >= 0.6 is 0 Å². The van der Waals surface area contributed by atoms with Crippen LogP contribution in [0.25, 0.3) is 0 Å². The first kappa shape index (κ1) is 29.5. The van der Waals surface area contributed by atoms with Crippen molar-refractivity contribution >= 4 is 11.8 Å². The molecule has 0 fully saturated rings. The molecule has 0 radical (unpaired) electrons. The minimum Gasteiger partial charge on any atom is -0.338 e. The Morgan fingerprint density at radius 3 is 1.33 bits per heavy atom. The second kappa shape index (κ2) is 15.3. The molecule has 0 heterocycles. The Labute approximate surface area is 255 Å². The molecule has 0 saturated heterocycles. The van der Waals surface area contributed by atoms with E-state index >= 15 is 0 Å². The maximum atomic E-state index is 14.4. The SMILES string of the molecule is O=C(CCN(Cc1ccccc1)C(=O)C(c1ccccc1)c1ccccc1)N(CCc1ccccc1)Cc1ccccc1. The molecule has 2 amide bonds. The molecule has 43 heavy (non-hydrogen) atoms. The van der Waals surface area contributed by atoms with Crippen LogP contribution in [0.5, 0.6) is 0 Å². The number of carbonyl (C=O) groups is 2. The topological polar surface area (TPSA) is 40.6 Å². The number of hydrogen-bond donors (Lipinski definition) is 0. The van der Waals surface area contributed by atoms with E-state index in [2.05, 4.69) is 24.3 Å². The van der Waals surface area contributed by atoms with E-state index in [9.17, 15) is 9.59 Å². The van der Waals surface area contributed by atoms with Gasteiger partial charge in [-0.2, -0.15) is 0 Å². The number of rotatable bonds is 13. The molecular weight excluding hydrogens is 528 g/mol. The largest absolute Gasteiger partial charge is 0.338 e. The predicted octanol–water partition coefficient (Wildman–Crippen LogP) is 7.51. The fraction of sp³-hybridized carbons (Fsp3) is 0.179. The van der Waals surface area contributed by atoms with Gasteiger partial charge < -0.3 is 9.80 Å². The molecule has 0 N–H and O–H groups in total. The van der Waals surface area contributed by atoms with E-state index in [0.29, 0.717) is 26.2 Å². The lowest BCUT2D eigenvalue weighted by Crippen LogP contribution is -2.39. The standard InChI is InChI=1S/C39H38N2O2/c42-37(40(30-33-18-8-2-9-19-33)28-26-32-16-6-1-7-17-32)27-29-41(31-34-20-10-3-11-21-34)39(43)38(35-22-12-4-13-23-35)36-24-14-5-15-25-36/h1-25,38H,26-31H2. The normalized spacial score (nSPS) is 10.8. The van der Waals surface area contributed by atoms with Gasteiger partial charge in [0.2, 0.25) is 11.8 Å². The van der Waals surface area contributed by atoms with E-state index in [1.165, 1.54) is 5.56 Å². The van der Waals surface area contributed by atoms with Crippen LogP contribution in [-0.2, 0) is 29.1 Å². The summed E-state index contributed by atoms with van der Waals surface area (Å²) in [5.41, 5.74) is 5.21. The van der Waals surface area contributed by atoms with Gasteiger partial charge in [0, 0.05) is 32.6 Å². The summed E-state index contributed by atoms with van der Waals surface area (Å²) in [6.45, 7) is 1.92. The highest BCUT2D eigenvalue weighted by Crippen LogP contribution is 2.28. The van der Waals surface area contributed by atoms with Crippen molar-refractivity contribution in [1.82, 2.24) is 9.80 Å². The zero-order chi connectivity index (χ0) is 29.7. The number of nitrogens with zero attached hydrogens (tertiary/aromatic N) is 2. The van der Waals surface area contributed by atoms with Crippen molar-refractivity contribution in [3.05, 3.63) is 179 Å². The fourth-order valence-corrected chi connectivity index (χ4v) is 5.42. The van der Waals surface area contributed by atoms with Gasteiger partial charge in [0.25, 0.3) is 0 Å². The van der Waals surface area contributed by atoms with Crippen LogP contribution in [0.4, 0.5) is 0 Å². The Morgan fingerprint density at radius 2 is 0.860 bits per heavy atom. The maximum Gasteiger partial charge on any atom is 0.234 e. The van der Waals surface area contributed by atoms with Crippen LogP contribution in [-0.4, -0.2) is 34.7 Å². The average molecular weight is 567 g/mol. The minimum atomic E-state index is -0.459. The zero-order valence-corrected chi connectivity index (χ0v) is 24.5. The molecule has 5 aromatic rings. The molecule has 0 aliphatic carbocycles. The van der Waals surface area contributed by atoms with Crippen molar-refractivity contribution in [1.29, 1.82) is 0 Å². The first-order chi connectivity index (χ1) is 21.2. The molecular formula is C39H38N2O2. The van der Waals surface area contributed by atoms with Gasteiger partial charge in [-0.3, -0.25) is 9.59 Å². The van der Waals surface area contributed by atoms with Crippen LogP contribution in [0, 0.1) is 0 Å². The monoisotopic (exact) mass is 566 g/mol. The molecule has 0 atom stereocenters. The smallest absolute Gasteiger partial charge is 0.234 e. The Kier molecular flexibility index (Phi) is 10.5. The highest BCUT2D eigenvalue weighted by molar-refractivity contribution is 5.88. The molecule has 0 aliphatic rings. The Morgan fingerprint density at radius 1 is 0.465 bits per heavy atom. The first-order valence-corrected chi connectivity index (χ1v) is 15.0. The van der Waals surface area contributed by atoms with E-state index in [0.717, 1.165) is 28.7 Å². The summed E-state index contributed by atoms with van der Waals surface area (Å²) in [6, 6.07) is 50.2. The van der Waals surface area contributed by atoms with Crippen molar-refractivity contribution in [3.63, 3.8) is 0 Å². The van der Waals surface area contributed by atoms with Crippen molar-refractivity contribution in [3.8, 4) is 0 Å². The average Bonchev–Trinajstić information content (AvgIpc) is 3.07. The lowest BCUT2D eigenvalue weighted by atomic mass is 9.89. The molecule has 0 aliphatic heterocycles. The molecule has 0 saturated carbocycles. The second-order valence-corrected chi connectivity index (χ2v) is 10.8. The lowest BCUT2D eigenvalue weighted by molar-refractivity contribution is -0.135. The molecule has 4 nitrogen and oxygen atoms in total. The van der Waals surface area contributed by atoms with Crippen molar-refractivity contribution in [2.45, 2.75) is 31.8 Å². The molecule has 0 spiro atoms. The van der Waals surface area contributed by atoms with Crippen molar-refractivity contribution in [2.75, 3.05) is 13.1 Å². The van der Waals surface area contributed by atoms with Crippen LogP contribution in [0.2, 0.25) is 0 Å². The van der Waals surface area contributed by atoms with Gasteiger partial charge in [-0.05, 0) is 34.2 Å². The van der Waals surface area contributed by atoms with Crippen molar-refractivity contribution in [2.24, 2.45) is 0 Å². The van der Waals surface area contributed by atoms with Gasteiger partial charge >= 0.3 is 0 Å². The van der Waals surface area contributed by atoms with Gasteiger partial charge in [-0.15, -0.1) is 0 Å². The maximum absolute atomic E-state index is 14.4. The van der Waals surface area contributed by atoms with Gasteiger partial charge in [-0.1, -0.05) is 152 Å². The second-order valence-electron chi connectivity index (χ2n) is 10.8. The third-order valence-electron chi connectivity index (χ3n) is 7.72.